The summed E-state index contributed by atoms with van der Waals surface area (Å²) in [6.07, 6.45) is 1.73. The number of benzene rings is 1. The Hall–Kier alpha value is -0.980. The molecule has 19 heavy (non-hydrogen) atoms. The van der Waals surface area contributed by atoms with Gasteiger partial charge in [-0.15, -0.1) is 0 Å². The average Bonchev–Trinajstić information content (AvgIpc) is 2.40. The molecule has 0 bridgehead atoms. The van der Waals surface area contributed by atoms with Gasteiger partial charge in [0.2, 0.25) is 10.0 Å². The first kappa shape index (κ1) is 14.4. The van der Waals surface area contributed by atoms with E-state index in [-0.39, 0.29) is 4.90 Å². The van der Waals surface area contributed by atoms with Crippen molar-refractivity contribution in [2.24, 2.45) is 5.92 Å². The molecular formula is C13H18FNO3S. The Balaban J connectivity index is 2.10. The monoisotopic (exact) mass is 287 g/mol. The van der Waals surface area contributed by atoms with E-state index in [1.54, 1.807) is 0 Å². The number of ether oxygens (including phenoxy) is 1. The van der Waals surface area contributed by atoms with Crippen molar-refractivity contribution in [1.29, 1.82) is 0 Å². The van der Waals surface area contributed by atoms with Gasteiger partial charge in [-0.1, -0.05) is 6.07 Å². The predicted octanol–water partition coefficient (Wildman–Crippen LogP) is 1.87. The number of hydrogen-bond acceptors (Lipinski definition) is 3. The molecule has 1 aromatic carbocycles. The lowest BCUT2D eigenvalue weighted by Crippen LogP contribution is -2.34. The summed E-state index contributed by atoms with van der Waals surface area (Å²) in [5.74, 6) is -0.234. The van der Waals surface area contributed by atoms with Gasteiger partial charge in [-0.05, 0) is 37.0 Å². The van der Waals surface area contributed by atoms with Crippen LogP contribution < -0.4 is 0 Å². The molecule has 2 rings (SSSR count). The van der Waals surface area contributed by atoms with Crippen molar-refractivity contribution in [3.05, 3.63) is 30.1 Å². The molecule has 106 valence electrons. The Morgan fingerprint density at radius 2 is 2.05 bits per heavy atom. The highest BCUT2D eigenvalue weighted by atomic mass is 32.2. The summed E-state index contributed by atoms with van der Waals surface area (Å²) in [4.78, 5) is 0.00191. The lowest BCUT2D eigenvalue weighted by molar-refractivity contribution is 0.0620. The standard InChI is InChI=1S/C13H18FNO3S/c1-15(10-11-5-7-18-8-6-11)19(16,17)13-4-2-3-12(14)9-13/h2-4,9,11H,5-8,10H2,1H3. The largest absolute Gasteiger partial charge is 0.381 e. The molecule has 4 nitrogen and oxygen atoms in total. The third-order valence-electron chi connectivity index (χ3n) is 3.36. The quantitative estimate of drug-likeness (QED) is 0.849. The third-order valence-corrected chi connectivity index (χ3v) is 5.18. The summed E-state index contributed by atoms with van der Waals surface area (Å²) in [6, 6.07) is 5.11. The molecule has 1 fully saturated rings. The number of rotatable bonds is 4. The molecule has 1 aliphatic heterocycles. The zero-order chi connectivity index (χ0) is 13.9. The molecule has 1 heterocycles. The highest BCUT2D eigenvalue weighted by molar-refractivity contribution is 7.89. The van der Waals surface area contributed by atoms with E-state index >= 15 is 0 Å². The van der Waals surface area contributed by atoms with Gasteiger partial charge >= 0.3 is 0 Å². The maximum absolute atomic E-state index is 13.1. The molecule has 1 saturated heterocycles. The smallest absolute Gasteiger partial charge is 0.242 e. The van der Waals surface area contributed by atoms with Crippen LogP contribution in [0.3, 0.4) is 0 Å². The zero-order valence-corrected chi connectivity index (χ0v) is 11.7. The molecule has 1 aromatic rings. The fraction of sp³-hybridized carbons (Fsp3) is 0.538. The minimum Gasteiger partial charge on any atom is -0.381 e. The van der Waals surface area contributed by atoms with E-state index in [0.717, 1.165) is 18.9 Å². The van der Waals surface area contributed by atoms with E-state index in [0.29, 0.717) is 25.7 Å². The van der Waals surface area contributed by atoms with Crippen molar-refractivity contribution in [2.75, 3.05) is 26.8 Å². The van der Waals surface area contributed by atoms with Crippen molar-refractivity contribution in [1.82, 2.24) is 4.31 Å². The SMILES string of the molecule is CN(CC1CCOCC1)S(=O)(=O)c1cccc(F)c1. The van der Waals surface area contributed by atoms with Gasteiger partial charge in [-0.3, -0.25) is 0 Å². The van der Waals surface area contributed by atoms with Crippen LogP contribution in [0.15, 0.2) is 29.2 Å². The van der Waals surface area contributed by atoms with Crippen molar-refractivity contribution in [3.63, 3.8) is 0 Å². The van der Waals surface area contributed by atoms with Gasteiger partial charge < -0.3 is 4.74 Å². The van der Waals surface area contributed by atoms with E-state index in [4.69, 9.17) is 4.74 Å². The lowest BCUT2D eigenvalue weighted by atomic mass is 10.0. The van der Waals surface area contributed by atoms with Crippen LogP contribution in [0, 0.1) is 11.7 Å². The molecule has 0 unspecified atom stereocenters. The normalized spacial score (nSPS) is 17.8. The molecule has 6 heteroatoms. The molecule has 0 amide bonds. The van der Waals surface area contributed by atoms with Gasteiger partial charge in [0.1, 0.15) is 5.82 Å². The molecule has 0 atom stereocenters. The van der Waals surface area contributed by atoms with Gasteiger partial charge in [0.05, 0.1) is 4.90 Å². The molecule has 0 spiro atoms. The van der Waals surface area contributed by atoms with E-state index in [2.05, 4.69) is 0 Å². The predicted molar refractivity (Wildman–Crippen MR) is 69.8 cm³/mol. The Bertz CT molecular complexity index is 526. The Labute approximate surface area is 113 Å². The second-order valence-corrected chi connectivity index (χ2v) is 6.84. The van der Waals surface area contributed by atoms with E-state index < -0.39 is 15.8 Å². The summed E-state index contributed by atoms with van der Waals surface area (Å²) < 4.78 is 44.2. The second-order valence-electron chi connectivity index (χ2n) is 4.80. The summed E-state index contributed by atoms with van der Waals surface area (Å²) in [5.41, 5.74) is 0. The first-order valence-electron chi connectivity index (χ1n) is 6.30. The van der Waals surface area contributed by atoms with Crippen LogP contribution in [0.4, 0.5) is 4.39 Å². The van der Waals surface area contributed by atoms with Crippen LogP contribution in [0.2, 0.25) is 0 Å². The zero-order valence-electron chi connectivity index (χ0n) is 10.9. The van der Waals surface area contributed by atoms with E-state index in [1.807, 2.05) is 0 Å². The maximum Gasteiger partial charge on any atom is 0.242 e. The van der Waals surface area contributed by atoms with Crippen molar-refractivity contribution >= 4 is 10.0 Å². The van der Waals surface area contributed by atoms with Crippen LogP contribution in [0.5, 0.6) is 0 Å². The Kier molecular flexibility index (Phi) is 4.54. The van der Waals surface area contributed by atoms with Crippen LogP contribution in [-0.2, 0) is 14.8 Å². The topological polar surface area (TPSA) is 46.6 Å². The fourth-order valence-electron chi connectivity index (χ4n) is 2.20. The van der Waals surface area contributed by atoms with Crippen molar-refractivity contribution < 1.29 is 17.5 Å². The molecular weight excluding hydrogens is 269 g/mol. The van der Waals surface area contributed by atoms with Gasteiger partial charge in [0.25, 0.3) is 0 Å². The summed E-state index contributed by atoms with van der Waals surface area (Å²) >= 11 is 0. The van der Waals surface area contributed by atoms with Crippen LogP contribution in [0.1, 0.15) is 12.8 Å². The van der Waals surface area contributed by atoms with E-state index in [1.165, 1.54) is 29.6 Å². The van der Waals surface area contributed by atoms with Crippen LogP contribution >= 0.6 is 0 Å². The van der Waals surface area contributed by atoms with Crippen LogP contribution in [0.25, 0.3) is 0 Å². The van der Waals surface area contributed by atoms with Gasteiger partial charge in [0.15, 0.2) is 0 Å². The van der Waals surface area contributed by atoms with Gasteiger partial charge in [-0.25, -0.2) is 17.1 Å². The number of sulfonamides is 1. The lowest BCUT2D eigenvalue weighted by Gasteiger charge is -2.26. The van der Waals surface area contributed by atoms with Gasteiger partial charge in [0, 0.05) is 26.8 Å². The third kappa shape index (κ3) is 3.52. The summed E-state index contributed by atoms with van der Waals surface area (Å²) in [6.45, 7) is 1.80. The molecule has 1 aliphatic rings. The van der Waals surface area contributed by atoms with Gasteiger partial charge in [-0.2, -0.15) is 0 Å². The molecule has 0 saturated carbocycles. The number of nitrogens with zero attached hydrogens (tertiary/aromatic N) is 1. The minimum atomic E-state index is -3.61. The molecule has 0 N–H and O–H groups in total. The first-order valence-corrected chi connectivity index (χ1v) is 7.74. The Morgan fingerprint density at radius 1 is 1.37 bits per heavy atom. The van der Waals surface area contributed by atoms with Crippen molar-refractivity contribution in [3.8, 4) is 0 Å². The Morgan fingerprint density at radius 3 is 2.68 bits per heavy atom. The van der Waals surface area contributed by atoms with Crippen molar-refractivity contribution in [2.45, 2.75) is 17.7 Å². The molecule has 0 aliphatic carbocycles. The average molecular weight is 287 g/mol. The first-order chi connectivity index (χ1) is 9.00. The number of hydrogen-bond donors (Lipinski definition) is 0. The maximum atomic E-state index is 13.1. The second kappa shape index (κ2) is 5.98. The minimum absolute atomic E-state index is 0.00191. The van der Waals surface area contributed by atoms with Crippen LogP contribution in [-0.4, -0.2) is 39.5 Å². The summed E-state index contributed by atoms with van der Waals surface area (Å²) in [5, 5.41) is 0. The number of halogens is 1. The highest BCUT2D eigenvalue weighted by Gasteiger charge is 2.25. The van der Waals surface area contributed by atoms with E-state index in [9.17, 15) is 12.8 Å². The molecule has 0 aromatic heterocycles. The highest BCUT2D eigenvalue weighted by Crippen LogP contribution is 2.20. The fourth-order valence-corrected chi connectivity index (χ4v) is 3.48. The molecule has 0 radical (unpaired) electrons. The summed E-state index contributed by atoms with van der Waals surface area (Å²) in [7, 11) is -2.07.